The van der Waals surface area contributed by atoms with Crippen LogP contribution in [0.4, 0.5) is 5.69 Å². The van der Waals surface area contributed by atoms with E-state index < -0.39 is 5.97 Å². The first kappa shape index (κ1) is 15.6. The van der Waals surface area contributed by atoms with Crippen LogP contribution in [0.3, 0.4) is 0 Å². The number of benzene rings is 1. The second-order valence-corrected chi connectivity index (χ2v) is 6.51. The topological polar surface area (TPSA) is 88.3 Å². The molecule has 1 aromatic heterocycles. The summed E-state index contributed by atoms with van der Waals surface area (Å²) < 4.78 is 5.49. The van der Waals surface area contributed by atoms with Crippen LogP contribution in [0.5, 0.6) is 5.75 Å². The fraction of sp³-hybridized carbons (Fsp3) is 0.316. The third-order valence-corrected chi connectivity index (χ3v) is 4.82. The van der Waals surface area contributed by atoms with Crippen molar-refractivity contribution in [2.24, 2.45) is 0 Å². The number of nitrogens with one attached hydrogen (secondary N) is 2. The SMILES string of the molecule is Cc1c(C(=O)Oc2ccc3c(c2)CCC(=O)N3)[nH]c2c1C(=O)CCC2. The molecule has 2 aromatic rings. The van der Waals surface area contributed by atoms with Crippen molar-refractivity contribution in [3.63, 3.8) is 0 Å². The van der Waals surface area contributed by atoms with E-state index in [-0.39, 0.29) is 11.7 Å². The molecule has 128 valence electrons. The van der Waals surface area contributed by atoms with Crippen molar-refractivity contribution in [3.05, 3.63) is 46.3 Å². The Morgan fingerprint density at radius 3 is 2.76 bits per heavy atom. The van der Waals surface area contributed by atoms with Gasteiger partial charge in [-0.05, 0) is 55.5 Å². The van der Waals surface area contributed by atoms with Crippen LogP contribution in [0.25, 0.3) is 0 Å². The molecule has 2 aliphatic rings. The summed E-state index contributed by atoms with van der Waals surface area (Å²) in [5.41, 5.74) is 4.18. The molecule has 6 nitrogen and oxygen atoms in total. The first-order valence-corrected chi connectivity index (χ1v) is 8.42. The normalized spacial score (nSPS) is 16.0. The van der Waals surface area contributed by atoms with E-state index >= 15 is 0 Å². The molecule has 1 aliphatic heterocycles. The fourth-order valence-corrected chi connectivity index (χ4v) is 3.56. The Morgan fingerprint density at radius 1 is 1.12 bits per heavy atom. The van der Waals surface area contributed by atoms with Crippen molar-refractivity contribution in [2.45, 2.75) is 39.0 Å². The molecule has 0 radical (unpaired) electrons. The van der Waals surface area contributed by atoms with Crippen LogP contribution >= 0.6 is 0 Å². The second-order valence-electron chi connectivity index (χ2n) is 6.51. The standard InChI is InChI=1S/C19H18N2O4/c1-10-17-14(3-2-4-15(17)22)21-18(10)19(24)25-12-6-7-13-11(9-12)5-8-16(23)20-13/h6-7,9,21H,2-5,8H2,1H3,(H,20,23). The van der Waals surface area contributed by atoms with E-state index in [2.05, 4.69) is 10.3 Å². The molecule has 0 atom stereocenters. The zero-order valence-electron chi connectivity index (χ0n) is 13.9. The van der Waals surface area contributed by atoms with Gasteiger partial charge >= 0.3 is 5.97 Å². The zero-order valence-corrected chi connectivity index (χ0v) is 13.9. The van der Waals surface area contributed by atoms with Gasteiger partial charge < -0.3 is 15.0 Å². The van der Waals surface area contributed by atoms with E-state index in [1.54, 1.807) is 25.1 Å². The molecule has 6 heteroatoms. The molecule has 2 N–H and O–H groups in total. The highest BCUT2D eigenvalue weighted by Gasteiger charge is 2.27. The molecule has 1 amide bonds. The number of H-pyrrole nitrogens is 1. The van der Waals surface area contributed by atoms with Gasteiger partial charge in [0.25, 0.3) is 0 Å². The number of ether oxygens (including phenoxy) is 1. The van der Waals surface area contributed by atoms with E-state index in [9.17, 15) is 14.4 Å². The summed E-state index contributed by atoms with van der Waals surface area (Å²) in [5.74, 6) is 0.00534. The van der Waals surface area contributed by atoms with E-state index in [1.165, 1.54) is 0 Å². The predicted octanol–water partition coefficient (Wildman–Crippen LogP) is 2.95. The zero-order chi connectivity index (χ0) is 17.6. The van der Waals surface area contributed by atoms with Crippen molar-refractivity contribution in [1.82, 2.24) is 4.98 Å². The van der Waals surface area contributed by atoms with Gasteiger partial charge in [0, 0.05) is 29.8 Å². The molecule has 1 aliphatic carbocycles. The van der Waals surface area contributed by atoms with Crippen LogP contribution in [-0.2, 0) is 17.6 Å². The van der Waals surface area contributed by atoms with Gasteiger partial charge in [-0.25, -0.2) is 4.79 Å². The van der Waals surface area contributed by atoms with Gasteiger partial charge in [0.2, 0.25) is 5.91 Å². The first-order chi connectivity index (χ1) is 12.0. The number of carbonyl (C=O) groups is 3. The van der Waals surface area contributed by atoms with Crippen LogP contribution in [0.1, 0.15) is 56.9 Å². The highest BCUT2D eigenvalue weighted by Crippen LogP contribution is 2.29. The molecule has 0 spiro atoms. The number of esters is 1. The minimum Gasteiger partial charge on any atom is -0.422 e. The van der Waals surface area contributed by atoms with Crippen LogP contribution in [-0.4, -0.2) is 22.6 Å². The Bertz CT molecular complexity index is 910. The fourth-order valence-electron chi connectivity index (χ4n) is 3.56. The third kappa shape index (κ3) is 2.73. The summed E-state index contributed by atoms with van der Waals surface area (Å²) in [6.07, 6.45) is 3.15. The lowest BCUT2D eigenvalue weighted by atomic mass is 9.94. The van der Waals surface area contributed by atoms with Gasteiger partial charge in [-0.1, -0.05) is 0 Å². The number of aromatic nitrogens is 1. The molecular formula is C19H18N2O4. The maximum absolute atomic E-state index is 12.5. The number of aryl methyl sites for hydroxylation is 2. The average molecular weight is 338 g/mol. The number of rotatable bonds is 2. The number of hydrogen-bond donors (Lipinski definition) is 2. The summed E-state index contributed by atoms with van der Waals surface area (Å²) in [4.78, 5) is 39.1. The largest absolute Gasteiger partial charge is 0.422 e. The van der Waals surface area contributed by atoms with E-state index in [0.717, 1.165) is 29.8 Å². The van der Waals surface area contributed by atoms with Gasteiger partial charge in [-0.3, -0.25) is 9.59 Å². The number of carbonyl (C=O) groups excluding carboxylic acids is 3. The monoisotopic (exact) mass is 338 g/mol. The van der Waals surface area contributed by atoms with Crippen molar-refractivity contribution < 1.29 is 19.1 Å². The summed E-state index contributed by atoms with van der Waals surface area (Å²) in [5, 5.41) is 2.80. The minimum atomic E-state index is -0.500. The molecule has 0 saturated carbocycles. The highest BCUT2D eigenvalue weighted by molar-refractivity contribution is 6.03. The summed E-state index contributed by atoms with van der Waals surface area (Å²) in [6.45, 7) is 1.78. The number of amides is 1. The predicted molar refractivity (Wildman–Crippen MR) is 91.1 cm³/mol. The Balaban J connectivity index is 1.59. The van der Waals surface area contributed by atoms with E-state index in [1.807, 2.05) is 0 Å². The maximum atomic E-state index is 12.5. The van der Waals surface area contributed by atoms with Crippen molar-refractivity contribution in [3.8, 4) is 5.75 Å². The lowest BCUT2D eigenvalue weighted by Gasteiger charge is -2.17. The number of Topliss-reactive ketones (excluding diaryl/α,β-unsaturated/α-hetero) is 1. The number of anilines is 1. The Labute approximate surface area is 144 Å². The second kappa shape index (κ2) is 5.88. The third-order valence-electron chi connectivity index (χ3n) is 4.82. The average Bonchev–Trinajstić information content (AvgIpc) is 2.93. The minimum absolute atomic E-state index is 0.00509. The van der Waals surface area contributed by atoms with Gasteiger partial charge in [-0.15, -0.1) is 0 Å². The lowest BCUT2D eigenvalue weighted by Crippen LogP contribution is -2.19. The Kier molecular flexibility index (Phi) is 3.67. The van der Waals surface area contributed by atoms with Crippen LogP contribution in [0.2, 0.25) is 0 Å². The summed E-state index contributed by atoms with van der Waals surface area (Å²) in [7, 11) is 0. The molecule has 4 rings (SSSR count). The van der Waals surface area contributed by atoms with Crippen molar-refractivity contribution in [2.75, 3.05) is 5.32 Å². The number of aromatic amines is 1. The summed E-state index contributed by atoms with van der Waals surface area (Å²) in [6, 6.07) is 5.17. The molecule has 25 heavy (non-hydrogen) atoms. The highest BCUT2D eigenvalue weighted by atomic mass is 16.5. The molecule has 1 aromatic carbocycles. The molecule has 0 saturated heterocycles. The van der Waals surface area contributed by atoms with Crippen molar-refractivity contribution in [1.29, 1.82) is 0 Å². The van der Waals surface area contributed by atoms with E-state index in [4.69, 9.17) is 4.74 Å². The van der Waals surface area contributed by atoms with Gasteiger partial charge in [0.05, 0.1) is 0 Å². The van der Waals surface area contributed by atoms with Crippen LogP contribution < -0.4 is 10.1 Å². The van der Waals surface area contributed by atoms with Gasteiger partial charge in [-0.2, -0.15) is 0 Å². The molecule has 0 fully saturated rings. The van der Waals surface area contributed by atoms with Crippen LogP contribution in [0.15, 0.2) is 18.2 Å². The molecule has 0 bridgehead atoms. The Morgan fingerprint density at radius 2 is 1.96 bits per heavy atom. The molecule has 0 unspecified atom stereocenters. The number of ketones is 1. The number of fused-ring (bicyclic) bond motifs is 2. The van der Waals surface area contributed by atoms with Gasteiger partial charge in [0.15, 0.2) is 5.78 Å². The van der Waals surface area contributed by atoms with Gasteiger partial charge in [0.1, 0.15) is 11.4 Å². The number of hydrogen-bond acceptors (Lipinski definition) is 4. The molecular weight excluding hydrogens is 320 g/mol. The quantitative estimate of drug-likeness (QED) is 0.651. The van der Waals surface area contributed by atoms with E-state index in [0.29, 0.717) is 41.8 Å². The summed E-state index contributed by atoms with van der Waals surface area (Å²) >= 11 is 0. The first-order valence-electron chi connectivity index (χ1n) is 8.42. The molecule has 2 heterocycles. The van der Waals surface area contributed by atoms with Crippen LogP contribution in [0, 0.1) is 6.92 Å². The lowest BCUT2D eigenvalue weighted by molar-refractivity contribution is -0.116. The maximum Gasteiger partial charge on any atom is 0.360 e. The Hall–Kier alpha value is -2.89. The van der Waals surface area contributed by atoms with Crippen molar-refractivity contribution >= 4 is 23.3 Å². The smallest absolute Gasteiger partial charge is 0.360 e.